The summed E-state index contributed by atoms with van der Waals surface area (Å²) in [5.74, 6) is 0.915. The number of nitrogens with one attached hydrogen (secondary N) is 1. The van der Waals surface area contributed by atoms with E-state index in [0.29, 0.717) is 30.7 Å². The molecule has 0 aliphatic rings. The molecule has 0 unspecified atom stereocenters. The number of nitrogens with zero attached hydrogens (tertiary/aromatic N) is 2. The third kappa shape index (κ3) is 7.23. The van der Waals surface area contributed by atoms with E-state index in [-0.39, 0.29) is 11.3 Å². The Kier molecular flexibility index (Phi) is 9.20. The molecule has 0 atom stereocenters. The second-order valence-corrected chi connectivity index (χ2v) is 8.83. The van der Waals surface area contributed by atoms with Crippen LogP contribution in [-0.4, -0.2) is 37.8 Å². The van der Waals surface area contributed by atoms with Crippen LogP contribution in [0.4, 0.5) is 18.9 Å². The minimum Gasteiger partial charge on any atom is -0.478 e. The summed E-state index contributed by atoms with van der Waals surface area (Å²) in [6.07, 6.45) is 2.56. The van der Waals surface area contributed by atoms with Gasteiger partial charge in [0.25, 0.3) is 0 Å². The molecular weight excluding hydrogens is 419 g/mol. The number of benzene rings is 1. The molecule has 6 nitrogen and oxygen atoms in total. The maximum absolute atomic E-state index is 12.8. The van der Waals surface area contributed by atoms with Gasteiger partial charge >= 0.3 is 15.5 Å². The van der Waals surface area contributed by atoms with Crippen LogP contribution in [0.1, 0.15) is 52.2 Å². The molecule has 1 N–H and O–H groups in total. The number of rotatable bonds is 10. The summed E-state index contributed by atoms with van der Waals surface area (Å²) in [6.45, 7) is 12.1. The van der Waals surface area contributed by atoms with Crippen LogP contribution >= 0.6 is 0 Å². The number of hydrogen-bond donors (Lipinski definition) is 1. The predicted molar refractivity (Wildman–Crippen MR) is 114 cm³/mol. The highest BCUT2D eigenvalue weighted by Crippen LogP contribution is 2.28. The van der Waals surface area contributed by atoms with Gasteiger partial charge in [-0.2, -0.15) is 26.7 Å². The lowest BCUT2D eigenvalue weighted by molar-refractivity contribution is -0.0429. The number of hydrogen-bond acceptors (Lipinski definition) is 5. The number of ether oxygens (including phenoxy) is 1. The van der Waals surface area contributed by atoms with Crippen LogP contribution in [0.25, 0.3) is 0 Å². The highest BCUT2D eigenvalue weighted by molar-refractivity contribution is 7.93. The minimum absolute atomic E-state index is 0.193. The summed E-state index contributed by atoms with van der Waals surface area (Å²) in [6, 6.07) is 4.41. The quantitative estimate of drug-likeness (QED) is 0.302. The van der Waals surface area contributed by atoms with Gasteiger partial charge in [0.1, 0.15) is 0 Å². The molecule has 0 saturated carbocycles. The molecule has 1 aromatic carbocycles. The molecule has 0 amide bonds. The first-order valence-corrected chi connectivity index (χ1v) is 11.1. The Balaban J connectivity index is 3.41. The van der Waals surface area contributed by atoms with Gasteiger partial charge in [0.05, 0.1) is 18.0 Å². The van der Waals surface area contributed by atoms with E-state index in [1.165, 1.54) is 12.1 Å². The Morgan fingerprint density at radius 2 is 1.97 bits per heavy atom. The number of sulfonamides is 1. The maximum Gasteiger partial charge on any atom is 0.516 e. The molecular formula is C20H30F3N3O3S. The topological polar surface area (TPSA) is 71.0 Å². The van der Waals surface area contributed by atoms with Crippen LogP contribution in [0.15, 0.2) is 35.3 Å². The number of anilines is 1. The van der Waals surface area contributed by atoms with Crippen molar-refractivity contribution in [2.24, 2.45) is 11.0 Å². The third-order valence-corrected chi connectivity index (χ3v) is 5.19. The van der Waals surface area contributed by atoms with E-state index in [4.69, 9.17) is 4.74 Å². The molecule has 0 aromatic heterocycles. The van der Waals surface area contributed by atoms with E-state index in [1.807, 2.05) is 6.92 Å². The van der Waals surface area contributed by atoms with Crippen LogP contribution in [0.3, 0.4) is 0 Å². The fourth-order valence-corrected chi connectivity index (χ4v) is 3.11. The zero-order chi connectivity index (χ0) is 23.1. The molecule has 30 heavy (non-hydrogen) atoms. The normalized spacial score (nSPS) is 13.5. The van der Waals surface area contributed by atoms with Crippen LogP contribution in [-0.2, 0) is 14.8 Å². The number of halogens is 3. The summed E-state index contributed by atoms with van der Waals surface area (Å²) in [7, 11) is -5.55. The van der Waals surface area contributed by atoms with Crippen molar-refractivity contribution >= 4 is 21.4 Å². The predicted octanol–water partition coefficient (Wildman–Crippen LogP) is 5.23. The molecule has 0 fully saturated rings. The molecule has 0 aliphatic heterocycles. The second-order valence-electron chi connectivity index (χ2n) is 7.15. The van der Waals surface area contributed by atoms with E-state index in [1.54, 1.807) is 42.6 Å². The van der Waals surface area contributed by atoms with Crippen molar-refractivity contribution < 1.29 is 26.3 Å². The lowest BCUT2D eigenvalue weighted by Gasteiger charge is -2.24. The zero-order valence-electron chi connectivity index (χ0n) is 18.2. The molecule has 0 heterocycles. The maximum atomic E-state index is 12.8. The van der Waals surface area contributed by atoms with Crippen molar-refractivity contribution in [3.05, 3.63) is 41.3 Å². The number of allylic oxidation sites excluding steroid dienone is 1. The Morgan fingerprint density at radius 3 is 2.47 bits per heavy atom. The summed E-state index contributed by atoms with van der Waals surface area (Å²) in [5.41, 5.74) is -4.26. The molecule has 0 radical (unpaired) electrons. The van der Waals surface area contributed by atoms with Crippen molar-refractivity contribution in [3.63, 3.8) is 0 Å². The lowest BCUT2D eigenvalue weighted by atomic mass is 10.1. The lowest BCUT2D eigenvalue weighted by Crippen LogP contribution is -2.30. The van der Waals surface area contributed by atoms with Gasteiger partial charge in [-0.3, -0.25) is 4.72 Å². The smallest absolute Gasteiger partial charge is 0.478 e. The van der Waals surface area contributed by atoms with E-state index >= 15 is 0 Å². The van der Waals surface area contributed by atoms with Gasteiger partial charge in [0.2, 0.25) is 5.88 Å². The minimum atomic E-state index is -5.55. The number of hydrazone groups is 1. The molecule has 0 aliphatic carbocycles. The average Bonchev–Trinajstić information content (AvgIpc) is 2.63. The van der Waals surface area contributed by atoms with Gasteiger partial charge in [0, 0.05) is 12.1 Å². The monoisotopic (exact) mass is 449 g/mol. The van der Waals surface area contributed by atoms with Crippen molar-refractivity contribution in [2.45, 2.75) is 53.5 Å². The van der Waals surface area contributed by atoms with E-state index in [9.17, 15) is 21.6 Å². The van der Waals surface area contributed by atoms with Gasteiger partial charge in [-0.1, -0.05) is 25.5 Å². The Bertz CT molecular complexity index is 879. The third-order valence-electron chi connectivity index (χ3n) is 4.10. The van der Waals surface area contributed by atoms with Gasteiger partial charge < -0.3 is 4.74 Å². The molecule has 1 aromatic rings. The fraction of sp³-hybridized carbons (Fsp3) is 0.550. The first-order chi connectivity index (χ1) is 13.8. The largest absolute Gasteiger partial charge is 0.516 e. The Labute approximate surface area is 176 Å². The van der Waals surface area contributed by atoms with Gasteiger partial charge in [-0.15, -0.1) is 0 Å². The summed E-state index contributed by atoms with van der Waals surface area (Å²) < 4.78 is 69.0. The summed E-state index contributed by atoms with van der Waals surface area (Å²) >= 11 is 0. The average molecular weight is 450 g/mol. The zero-order valence-corrected chi connectivity index (χ0v) is 19.0. The van der Waals surface area contributed by atoms with Crippen LogP contribution < -0.4 is 4.72 Å². The van der Waals surface area contributed by atoms with Crippen LogP contribution in [0.5, 0.6) is 0 Å². The van der Waals surface area contributed by atoms with Gasteiger partial charge in [0.15, 0.2) is 0 Å². The summed E-state index contributed by atoms with van der Waals surface area (Å²) in [4.78, 5) is 0. The van der Waals surface area contributed by atoms with Crippen molar-refractivity contribution in [3.8, 4) is 0 Å². The Morgan fingerprint density at radius 1 is 1.33 bits per heavy atom. The molecule has 0 saturated heterocycles. The molecule has 10 heteroatoms. The standard InChI is InChI=1S/C20H30F3N3O3S/c1-7-19(29-8-2)26(12-11-14(3)4)24-16(6)17-13-15(5)9-10-18(17)25-30(27,28)20(21,22)23/h7,9-10,13-14,25H,8,11-12H2,1-6H3/b19-7+,24-16+. The van der Waals surface area contributed by atoms with E-state index in [2.05, 4.69) is 18.9 Å². The first-order valence-electron chi connectivity index (χ1n) is 9.64. The van der Waals surface area contributed by atoms with Crippen LogP contribution in [0.2, 0.25) is 0 Å². The summed E-state index contributed by atoms with van der Waals surface area (Å²) in [5, 5.41) is 6.19. The highest BCUT2D eigenvalue weighted by Gasteiger charge is 2.46. The van der Waals surface area contributed by atoms with Crippen molar-refractivity contribution in [1.82, 2.24) is 5.01 Å². The van der Waals surface area contributed by atoms with Gasteiger partial charge in [-0.25, -0.2) is 5.01 Å². The van der Waals surface area contributed by atoms with E-state index < -0.39 is 15.5 Å². The molecule has 1 rings (SSSR count). The van der Waals surface area contributed by atoms with Gasteiger partial charge in [-0.05, 0) is 58.2 Å². The van der Waals surface area contributed by atoms with Crippen LogP contribution in [0, 0.1) is 12.8 Å². The van der Waals surface area contributed by atoms with Crippen molar-refractivity contribution in [2.75, 3.05) is 17.9 Å². The second kappa shape index (κ2) is 10.7. The molecule has 0 bridgehead atoms. The SMILES string of the molecule is C/C=C(/OCC)N(CCC(C)C)/N=C(\C)c1cc(C)ccc1NS(=O)(=O)C(F)(F)F. The fourth-order valence-electron chi connectivity index (χ4n) is 2.53. The number of alkyl halides is 3. The first kappa shape index (κ1) is 25.8. The number of aryl methyl sites for hydroxylation is 1. The van der Waals surface area contributed by atoms with Crippen molar-refractivity contribution in [1.29, 1.82) is 0 Å². The molecule has 170 valence electrons. The Hall–Kier alpha value is -2.23. The highest BCUT2D eigenvalue weighted by atomic mass is 32.2. The van der Waals surface area contributed by atoms with E-state index in [0.717, 1.165) is 12.0 Å². The molecule has 0 spiro atoms.